The number of esters is 1. The molecule has 1 aromatic rings. The molecular formula is C25H33IO4. The van der Waals surface area contributed by atoms with Crippen LogP contribution in [0.3, 0.4) is 0 Å². The normalized spacial score (nSPS) is 34.1. The van der Waals surface area contributed by atoms with E-state index in [4.69, 9.17) is 14.2 Å². The van der Waals surface area contributed by atoms with Crippen LogP contribution in [0.2, 0.25) is 0 Å². The van der Waals surface area contributed by atoms with E-state index < -0.39 is 5.60 Å². The van der Waals surface area contributed by atoms with Gasteiger partial charge in [-0.25, -0.2) is 4.79 Å². The van der Waals surface area contributed by atoms with Crippen molar-refractivity contribution in [3.05, 3.63) is 27.8 Å². The molecule has 3 aliphatic rings. The first-order chi connectivity index (χ1) is 14.1. The molecule has 3 saturated carbocycles. The molecule has 0 heterocycles. The summed E-state index contributed by atoms with van der Waals surface area (Å²) in [6, 6.07) is 3.82. The molecule has 2 bridgehead atoms. The molecule has 0 aromatic heterocycles. The lowest BCUT2D eigenvalue weighted by molar-refractivity contribution is -0.211. The summed E-state index contributed by atoms with van der Waals surface area (Å²) in [5.74, 6) is 2.53. The predicted molar refractivity (Wildman–Crippen MR) is 127 cm³/mol. The predicted octanol–water partition coefficient (Wildman–Crippen LogP) is 6.11. The minimum Gasteiger partial charge on any atom is -0.493 e. The quantitative estimate of drug-likeness (QED) is 0.333. The third kappa shape index (κ3) is 3.35. The maximum Gasteiger partial charge on any atom is 0.344 e. The number of hydrogen-bond donors (Lipinski definition) is 0. The van der Waals surface area contributed by atoms with E-state index in [0.717, 1.165) is 15.1 Å². The summed E-state index contributed by atoms with van der Waals surface area (Å²) in [4.78, 5) is 13.1. The van der Waals surface area contributed by atoms with Crippen LogP contribution in [0.4, 0.5) is 0 Å². The van der Waals surface area contributed by atoms with Crippen molar-refractivity contribution in [1.29, 1.82) is 0 Å². The number of rotatable bonds is 6. The van der Waals surface area contributed by atoms with Gasteiger partial charge < -0.3 is 14.2 Å². The van der Waals surface area contributed by atoms with E-state index in [0.29, 0.717) is 28.7 Å². The second-order valence-corrected chi connectivity index (χ2v) is 11.7. The summed E-state index contributed by atoms with van der Waals surface area (Å²) in [5, 5.41) is 0. The number of carbonyl (C=O) groups excluding carboxylic acids is 1. The number of carbonyl (C=O) groups is 1. The minimum atomic E-state index is -0.434. The maximum atomic E-state index is 13.1. The highest BCUT2D eigenvalue weighted by atomic mass is 127. The van der Waals surface area contributed by atoms with E-state index >= 15 is 0 Å². The molecule has 3 fully saturated rings. The fourth-order valence-electron chi connectivity index (χ4n) is 6.79. The van der Waals surface area contributed by atoms with Crippen molar-refractivity contribution in [3.63, 3.8) is 0 Å². The van der Waals surface area contributed by atoms with Gasteiger partial charge in [0.15, 0.2) is 18.1 Å². The molecule has 0 amide bonds. The van der Waals surface area contributed by atoms with E-state index in [-0.39, 0.29) is 18.0 Å². The van der Waals surface area contributed by atoms with Gasteiger partial charge in [0.1, 0.15) is 5.60 Å². The Hall–Kier alpha value is -1.24. The molecule has 0 radical (unpaired) electrons. The van der Waals surface area contributed by atoms with Crippen molar-refractivity contribution < 1.29 is 19.0 Å². The molecule has 0 aliphatic heterocycles. The standard InChI is InChI=1S/C25H33IO4/c1-7-16-8-19(26)22(20(9-16)28-6)29-14-21(27)30-25(23(3,4)5)15(2)11-24-12-17(24)10-18(25)13-24/h7-9,15,17-18H,1,10-14H2,2-6H3. The highest BCUT2D eigenvalue weighted by Crippen LogP contribution is 2.76. The average molecular weight is 524 g/mol. The van der Waals surface area contributed by atoms with Crippen LogP contribution in [0.1, 0.15) is 58.9 Å². The number of hydrogen-bond acceptors (Lipinski definition) is 4. The number of fused-ring (bicyclic) bond motifs is 1. The zero-order valence-corrected chi connectivity index (χ0v) is 20.9. The summed E-state index contributed by atoms with van der Waals surface area (Å²) in [6.07, 6.45) is 6.73. The van der Waals surface area contributed by atoms with Gasteiger partial charge in [-0.3, -0.25) is 0 Å². The topological polar surface area (TPSA) is 44.8 Å². The fourth-order valence-corrected chi connectivity index (χ4v) is 7.57. The smallest absolute Gasteiger partial charge is 0.344 e. The minimum absolute atomic E-state index is 0.119. The van der Waals surface area contributed by atoms with Crippen molar-refractivity contribution >= 4 is 34.6 Å². The Morgan fingerprint density at radius 3 is 2.60 bits per heavy atom. The van der Waals surface area contributed by atoms with Crippen LogP contribution in [0.15, 0.2) is 18.7 Å². The molecule has 5 heteroatoms. The van der Waals surface area contributed by atoms with Crippen LogP contribution in [0.5, 0.6) is 11.5 Å². The Bertz CT molecular complexity index is 873. The Labute approximate surface area is 193 Å². The molecular weight excluding hydrogens is 491 g/mol. The Kier molecular flexibility index (Phi) is 5.43. The van der Waals surface area contributed by atoms with E-state index in [1.54, 1.807) is 13.2 Å². The number of ether oxygens (including phenoxy) is 3. The second-order valence-electron chi connectivity index (χ2n) is 10.5. The van der Waals surface area contributed by atoms with Gasteiger partial charge in [0.2, 0.25) is 0 Å². The molecule has 4 nitrogen and oxygen atoms in total. The molecule has 0 saturated heterocycles. The van der Waals surface area contributed by atoms with Gasteiger partial charge in [0, 0.05) is 11.3 Å². The molecule has 4 rings (SSSR count). The molecule has 0 N–H and O–H groups in total. The van der Waals surface area contributed by atoms with Crippen LogP contribution < -0.4 is 9.47 Å². The number of benzene rings is 1. The Morgan fingerprint density at radius 1 is 1.27 bits per heavy atom. The van der Waals surface area contributed by atoms with Gasteiger partial charge in [-0.05, 0) is 83.2 Å². The highest BCUT2D eigenvalue weighted by molar-refractivity contribution is 14.1. The fraction of sp³-hybridized carbons (Fsp3) is 0.640. The van der Waals surface area contributed by atoms with Gasteiger partial charge in [0.05, 0.1) is 10.7 Å². The zero-order valence-electron chi connectivity index (χ0n) is 18.7. The van der Waals surface area contributed by atoms with Crippen molar-refractivity contribution in [2.24, 2.45) is 28.6 Å². The van der Waals surface area contributed by atoms with E-state index in [9.17, 15) is 4.79 Å². The SMILES string of the molecule is C=Cc1cc(I)c(OCC(=O)OC2(C(C)(C)C)C(C)CC34CC3CC2C4)c(OC)c1. The average Bonchev–Trinajstić information content (AvgIpc) is 3.22. The lowest BCUT2D eigenvalue weighted by Gasteiger charge is -2.55. The largest absolute Gasteiger partial charge is 0.493 e. The Balaban J connectivity index is 1.52. The van der Waals surface area contributed by atoms with Crippen LogP contribution in [0, 0.1) is 32.2 Å². The van der Waals surface area contributed by atoms with Crippen molar-refractivity contribution in [3.8, 4) is 11.5 Å². The van der Waals surface area contributed by atoms with E-state index in [2.05, 4.69) is 56.9 Å². The molecule has 30 heavy (non-hydrogen) atoms. The van der Waals surface area contributed by atoms with E-state index in [1.807, 2.05) is 12.1 Å². The van der Waals surface area contributed by atoms with Crippen LogP contribution in [-0.2, 0) is 9.53 Å². The van der Waals surface area contributed by atoms with Gasteiger partial charge >= 0.3 is 5.97 Å². The molecule has 1 aromatic carbocycles. The summed E-state index contributed by atoms with van der Waals surface area (Å²) in [7, 11) is 1.60. The first-order valence-electron chi connectivity index (χ1n) is 10.9. The first-order valence-corrected chi connectivity index (χ1v) is 12.0. The molecule has 5 atom stereocenters. The third-order valence-electron chi connectivity index (χ3n) is 7.91. The number of methoxy groups -OCH3 is 1. The van der Waals surface area contributed by atoms with Gasteiger partial charge in [-0.2, -0.15) is 0 Å². The summed E-state index contributed by atoms with van der Waals surface area (Å²) >= 11 is 2.20. The Morgan fingerprint density at radius 2 is 1.97 bits per heavy atom. The summed E-state index contributed by atoms with van der Waals surface area (Å²) in [6.45, 7) is 12.6. The third-order valence-corrected chi connectivity index (χ3v) is 8.71. The van der Waals surface area contributed by atoms with Gasteiger partial charge in [-0.1, -0.05) is 40.3 Å². The van der Waals surface area contributed by atoms with Gasteiger partial charge in [-0.15, -0.1) is 0 Å². The molecule has 1 spiro atoms. The molecule has 5 unspecified atom stereocenters. The molecule has 3 aliphatic carbocycles. The van der Waals surface area contributed by atoms with Crippen LogP contribution in [0.25, 0.3) is 6.08 Å². The highest BCUT2D eigenvalue weighted by Gasteiger charge is 2.72. The lowest BCUT2D eigenvalue weighted by atomic mass is 9.56. The number of halogens is 1. The second kappa shape index (κ2) is 7.42. The first kappa shape index (κ1) is 22.0. The van der Waals surface area contributed by atoms with Gasteiger partial charge in [0.25, 0.3) is 0 Å². The van der Waals surface area contributed by atoms with Crippen molar-refractivity contribution in [2.75, 3.05) is 13.7 Å². The summed E-state index contributed by atoms with van der Waals surface area (Å²) < 4.78 is 18.7. The maximum absolute atomic E-state index is 13.1. The van der Waals surface area contributed by atoms with E-state index in [1.165, 1.54) is 25.7 Å². The monoisotopic (exact) mass is 524 g/mol. The summed E-state index contributed by atoms with van der Waals surface area (Å²) in [5.41, 5.74) is 0.944. The van der Waals surface area contributed by atoms with Crippen LogP contribution in [-0.4, -0.2) is 25.3 Å². The zero-order chi connectivity index (χ0) is 21.9. The van der Waals surface area contributed by atoms with Crippen LogP contribution >= 0.6 is 22.6 Å². The molecule has 164 valence electrons. The van der Waals surface area contributed by atoms with Crippen molar-refractivity contribution in [1.82, 2.24) is 0 Å². The van der Waals surface area contributed by atoms with Crippen molar-refractivity contribution in [2.45, 2.75) is 59.0 Å². The lowest BCUT2D eigenvalue weighted by Crippen LogP contribution is -2.59.